The summed E-state index contributed by atoms with van der Waals surface area (Å²) in [6, 6.07) is 8.41. The summed E-state index contributed by atoms with van der Waals surface area (Å²) in [7, 11) is 0. The van der Waals surface area contributed by atoms with E-state index in [1.165, 1.54) is 0 Å². The number of carbonyl (C=O) groups is 2. The first-order chi connectivity index (χ1) is 7.63. The van der Waals surface area contributed by atoms with Crippen molar-refractivity contribution in [3.63, 3.8) is 0 Å². The fraction of sp³-hybridized carbons (Fsp3) is 0.333. The molecule has 2 atom stereocenters. The fourth-order valence-corrected chi connectivity index (χ4v) is 1.33. The van der Waals surface area contributed by atoms with Crippen molar-refractivity contribution in [3.05, 3.63) is 35.9 Å². The molecule has 3 N–H and O–H groups in total. The van der Waals surface area contributed by atoms with Crippen molar-refractivity contribution in [1.29, 1.82) is 0 Å². The molecule has 1 rings (SSSR count). The van der Waals surface area contributed by atoms with Gasteiger partial charge in [0.25, 0.3) is 0 Å². The molecule has 0 heterocycles. The molecular formula is C12H16N2O2. The molecule has 0 saturated carbocycles. The quantitative estimate of drug-likeness (QED) is 0.699. The molecule has 4 nitrogen and oxygen atoms in total. The van der Waals surface area contributed by atoms with Gasteiger partial charge in [-0.2, -0.15) is 0 Å². The van der Waals surface area contributed by atoms with E-state index in [2.05, 4.69) is 5.32 Å². The SMILES string of the molecule is C[C@@H](C=O)NC(=O)[C@@H](N)Cc1ccccc1. The van der Waals surface area contributed by atoms with Crippen LogP contribution in [-0.4, -0.2) is 24.3 Å². The normalized spacial score (nSPS) is 13.9. The van der Waals surface area contributed by atoms with Crippen molar-refractivity contribution in [2.24, 2.45) is 5.73 Å². The zero-order chi connectivity index (χ0) is 12.0. The van der Waals surface area contributed by atoms with Gasteiger partial charge >= 0.3 is 0 Å². The van der Waals surface area contributed by atoms with Crippen molar-refractivity contribution >= 4 is 12.2 Å². The summed E-state index contributed by atoms with van der Waals surface area (Å²) in [5.41, 5.74) is 6.73. The Labute approximate surface area is 94.8 Å². The van der Waals surface area contributed by atoms with Gasteiger partial charge in [0.1, 0.15) is 6.29 Å². The second-order valence-corrected chi connectivity index (χ2v) is 3.73. The zero-order valence-corrected chi connectivity index (χ0v) is 9.22. The number of nitrogens with two attached hydrogens (primary N) is 1. The Morgan fingerprint density at radius 2 is 2.06 bits per heavy atom. The standard InChI is InChI=1S/C12H16N2O2/c1-9(8-15)14-12(16)11(13)7-10-5-3-2-4-6-10/h2-6,8-9,11H,7,13H2,1H3,(H,14,16)/t9-,11-/m0/s1. The molecule has 0 fully saturated rings. The van der Waals surface area contributed by atoms with E-state index in [9.17, 15) is 9.59 Å². The summed E-state index contributed by atoms with van der Waals surface area (Å²) in [5, 5.41) is 2.52. The van der Waals surface area contributed by atoms with Crippen molar-refractivity contribution in [2.75, 3.05) is 0 Å². The van der Waals surface area contributed by atoms with E-state index in [4.69, 9.17) is 5.73 Å². The number of rotatable bonds is 5. The highest BCUT2D eigenvalue weighted by Crippen LogP contribution is 2.01. The molecule has 86 valence electrons. The van der Waals surface area contributed by atoms with E-state index in [-0.39, 0.29) is 5.91 Å². The van der Waals surface area contributed by atoms with E-state index in [0.717, 1.165) is 5.56 Å². The fourth-order valence-electron chi connectivity index (χ4n) is 1.33. The van der Waals surface area contributed by atoms with Gasteiger partial charge in [-0.15, -0.1) is 0 Å². The molecule has 0 bridgehead atoms. The van der Waals surface area contributed by atoms with E-state index in [1.807, 2.05) is 30.3 Å². The lowest BCUT2D eigenvalue weighted by Gasteiger charge is -2.13. The first-order valence-electron chi connectivity index (χ1n) is 5.18. The molecule has 0 unspecified atom stereocenters. The van der Waals surface area contributed by atoms with E-state index >= 15 is 0 Å². The summed E-state index contributed by atoms with van der Waals surface area (Å²) in [6.07, 6.45) is 1.14. The summed E-state index contributed by atoms with van der Waals surface area (Å²) in [6.45, 7) is 1.61. The highest BCUT2D eigenvalue weighted by Gasteiger charge is 2.15. The van der Waals surface area contributed by atoms with Crippen molar-refractivity contribution in [2.45, 2.75) is 25.4 Å². The monoisotopic (exact) mass is 220 g/mol. The van der Waals surface area contributed by atoms with Crippen LogP contribution in [-0.2, 0) is 16.0 Å². The Balaban J connectivity index is 2.49. The molecule has 0 saturated heterocycles. The lowest BCUT2D eigenvalue weighted by molar-refractivity contribution is -0.124. The van der Waals surface area contributed by atoms with Crippen LogP contribution in [0, 0.1) is 0 Å². The van der Waals surface area contributed by atoms with Crippen LogP contribution in [0.4, 0.5) is 0 Å². The number of benzene rings is 1. The summed E-state index contributed by atoms with van der Waals surface area (Å²) < 4.78 is 0. The van der Waals surface area contributed by atoms with Gasteiger partial charge in [-0.25, -0.2) is 0 Å². The topological polar surface area (TPSA) is 72.2 Å². The molecule has 0 spiro atoms. The molecule has 0 aromatic heterocycles. The van der Waals surface area contributed by atoms with Gasteiger partial charge in [-0.05, 0) is 18.9 Å². The third kappa shape index (κ3) is 3.82. The van der Waals surface area contributed by atoms with Gasteiger partial charge in [0.15, 0.2) is 0 Å². The Morgan fingerprint density at radius 1 is 1.44 bits per heavy atom. The molecule has 0 aliphatic heterocycles. The van der Waals surface area contributed by atoms with Crippen LogP contribution >= 0.6 is 0 Å². The van der Waals surface area contributed by atoms with Gasteiger partial charge < -0.3 is 15.8 Å². The lowest BCUT2D eigenvalue weighted by Crippen LogP contribution is -2.46. The Bertz CT molecular complexity index is 351. The zero-order valence-electron chi connectivity index (χ0n) is 9.22. The highest BCUT2D eigenvalue weighted by atomic mass is 16.2. The molecule has 0 aliphatic carbocycles. The average molecular weight is 220 g/mol. The van der Waals surface area contributed by atoms with Crippen LogP contribution in [0.5, 0.6) is 0 Å². The van der Waals surface area contributed by atoms with Crippen LogP contribution in [0.1, 0.15) is 12.5 Å². The smallest absolute Gasteiger partial charge is 0.237 e. The van der Waals surface area contributed by atoms with Gasteiger partial charge in [0.05, 0.1) is 12.1 Å². The van der Waals surface area contributed by atoms with Crippen molar-refractivity contribution in [3.8, 4) is 0 Å². The third-order valence-corrected chi connectivity index (χ3v) is 2.21. The number of nitrogens with one attached hydrogen (secondary N) is 1. The van der Waals surface area contributed by atoms with Crippen molar-refractivity contribution in [1.82, 2.24) is 5.32 Å². The molecule has 1 aromatic rings. The van der Waals surface area contributed by atoms with E-state index in [0.29, 0.717) is 12.7 Å². The maximum absolute atomic E-state index is 11.5. The first kappa shape index (κ1) is 12.4. The molecule has 1 aromatic carbocycles. The van der Waals surface area contributed by atoms with Crippen LogP contribution in [0.25, 0.3) is 0 Å². The van der Waals surface area contributed by atoms with E-state index < -0.39 is 12.1 Å². The summed E-state index contributed by atoms with van der Waals surface area (Å²) in [4.78, 5) is 21.9. The summed E-state index contributed by atoms with van der Waals surface area (Å²) >= 11 is 0. The second-order valence-electron chi connectivity index (χ2n) is 3.73. The van der Waals surface area contributed by atoms with Gasteiger partial charge in [0.2, 0.25) is 5.91 Å². The number of hydrogen-bond acceptors (Lipinski definition) is 3. The van der Waals surface area contributed by atoms with Crippen LogP contribution in [0.3, 0.4) is 0 Å². The van der Waals surface area contributed by atoms with E-state index in [1.54, 1.807) is 6.92 Å². The summed E-state index contributed by atoms with van der Waals surface area (Å²) in [5.74, 6) is -0.302. The number of aldehydes is 1. The average Bonchev–Trinajstić information content (AvgIpc) is 2.30. The molecule has 16 heavy (non-hydrogen) atoms. The molecule has 4 heteroatoms. The van der Waals surface area contributed by atoms with Crippen LogP contribution in [0.2, 0.25) is 0 Å². The first-order valence-corrected chi connectivity index (χ1v) is 5.18. The minimum absolute atomic E-state index is 0.302. The minimum Gasteiger partial charge on any atom is -0.346 e. The number of hydrogen-bond donors (Lipinski definition) is 2. The maximum Gasteiger partial charge on any atom is 0.237 e. The second kappa shape index (κ2) is 6.02. The molecular weight excluding hydrogens is 204 g/mol. The molecule has 1 amide bonds. The Hall–Kier alpha value is -1.68. The Morgan fingerprint density at radius 3 is 2.62 bits per heavy atom. The Kier molecular flexibility index (Phi) is 4.66. The minimum atomic E-state index is -0.621. The maximum atomic E-state index is 11.5. The van der Waals surface area contributed by atoms with Gasteiger partial charge in [-0.3, -0.25) is 4.79 Å². The number of amides is 1. The highest BCUT2D eigenvalue weighted by molar-refractivity contribution is 5.84. The predicted octanol–water partition coefficient (Wildman–Crippen LogP) is 0.260. The molecule has 0 aliphatic rings. The third-order valence-electron chi connectivity index (χ3n) is 2.21. The van der Waals surface area contributed by atoms with Crippen molar-refractivity contribution < 1.29 is 9.59 Å². The largest absolute Gasteiger partial charge is 0.346 e. The molecule has 0 radical (unpaired) electrons. The lowest BCUT2D eigenvalue weighted by atomic mass is 10.1. The van der Waals surface area contributed by atoms with Crippen LogP contribution in [0.15, 0.2) is 30.3 Å². The van der Waals surface area contributed by atoms with Gasteiger partial charge in [0, 0.05) is 0 Å². The van der Waals surface area contributed by atoms with Gasteiger partial charge in [-0.1, -0.05) is 30.3 Å². The van der Waals surface area contributed by atoms with Crippen LogP contribution < -0.4 is 11.1 Å². The predicted molar refractivity (Wildman–Crippen MR) is 61.8 cm³/mol. The number of carbonyl (C=O) groups excluding carboxylic acids is 2.